The highest BCUT2D eigenvalue weighted by molar-refractivity contribution is 5.94. The fourth-order valence-corrected chi connectivity index (χ4v) is 1.50. The number of benzene rings is 1. The molecule has 0 bridgehead atoms. The summed E-state index contributed by atoms with van der Waals surface area (Å²) in [6, 6.07) is 3.36. The van der Waals surface area contributed by atoms with Gasteiger partial charge in [-0.15, -0.1) is 0 Å². The summed E-state index contributed by atoms with van der Waals surface area (Å²) in [5.41, 5.74) is -0.730. The van der Waals surface area contributed by atoms with Crippen molar-refractivity contribution in [3.63, 3.8) is 0 Å². The number of hydrogen-bond donors (Lipinski definition) is 1. The van der Waals surface area contributed by atoms with Crippen LogP contribution in [0.1, 0.15) is 29.3 Å². The zero-order chi connectivity index (χ0) is 15.3. The maximum atomic E-state index is 12.4. The van der Waals surface area contributed by atoms with Crippen LogP contribution < -0.4 is 5.32 Å². The molecule has 1 aromatic rings. The number of carbonyl (C=O) groups excluding carboxylic acids is 2. The second-order valence-electron chi connectivity index (χ2n) is 4.23. The predicted octanol–water partition coefficient (Wildman–Crippen LogP) is 2.39. The second kappa shape index (κ2) is 6.40. The van der Waals surface area contributed by atoms with Gasteiger partial charge in [-0.3, -0.25) is 9.59 Å². The molecule has 1 aromatic carbocycles. The third-order valence-corrected chi connectivity index (χ3v) is 2.55. The number of methoxy groups -OCH3 is 1. The molecule has 0 saturated heterocycles. The highest BCUT2D eigenvalue weighted by Gasteiger charge is 2.30. The van der Waals surface area contributed by atoms with Crippen LogP contribution in [0.5, 0.6) is 0 Å². The summed E-state index contributed by atoms with van der Waals surface area (Å²) in [7, 11) is 1.23. The molecule has 7 heteroatoms. The Morgan fingerprint density at radius 2 is 1.80 bits per heavy atom. The zero-order valence-electron chi connectivity index (χ0n) is 11.0. The van der Waals surface area contributed by atoms with Crippen LogP contribution in [0.3, 0.4) is 0 Å². The van der Waals surface area contributed by atoms with Gasteiger partial charge < -0.3 is 10.1 Å². The van der Waals surface area contributed by atoms with Crippen LogP contribution in [-0.4, -0.2) is 25.0 Å². The molecule has 1 amide bonds. The molecular formula is C13H14F3NO3. The lowest BCUT2D eigenvalue weighted by molar-refractivity contribution is -0.141. The first-order valence-corrected chi connectivity index (χ1v) is 5.79. The Morgan fingerprint density at radius 3 is 2.25 bits per heavy atom. The summed E-state index contributed by atoms with van der Waals surface area (Å²) in [5.74, 6) is -1.03. The normalized spacial score (nSPS) is 12.7. The van der Waals surface area contributed by atoms with Crippen molar-refractivity contribution in [1.82, 2.24) is 5.32 Å². The number of esters is 1. The largest absolute Gasteiger partial charge is 0.469 e. The van der Waals surface area contributed by atoms with Crippen molar-refractivity contribution in [1.29, 1.82) is 0 Å². The average Bonchev–Trinajstić information content (AvgIpc) is 2.37. The van der Waals surface area contributed by atoms with Crippen LogP contribution in [0.4, 0.5) is 13.2 Å². The number of hydrogen-bond acceptors (Lipinski definition) is 3. The van der Waals surface area contributed by atoms with Gasteiger partial charge in [0.1, 0.15) is 0 Å². The Kier molecular flexibility index (Phi) is 5.12. The fraction of sp³-hybridized carbons (Fsp3) is 0.385. The topological polar surface area (TPSA) is 55.4 Å². The van der Waals surface area contributed by atoms with Crippen molar-refractivity contribution in [3.8, 4) is 0 Å². The maximum absolute atomic E-state index is 12.4. The lowest BCUT2D eigenvalue weighted by Crippen LogP contribution is -2.34. The molecule has 1 atom stereocenters. The number of nitrogens with one attached hydrogen (secondary N) is 1. The van der Waals surface area contributed by atoms with E-state index in [9.17, 15) is 22.8 Å². The Morgan fingerprint density at radius 1 is 1.25 bits per heavy atom. The molecule has 1 rings (SSSR count). The number of ether oxygens (including phenoxy) is 1. The van der Waals surface area contributed by atoms with E-state index in [0.29, 0.717) is 0 Å². The van der Waals surface area contributed by atoms with Gasteiger partial charge in [-0.25, -0.2) is 0 Å². The van der Waals surface area contributed by atoms with E-state index >= 15 is 0 Å². The molecule has 0 aliphatic rings. The van der Waals surface area contributed by atoms with Crippen molar-refractivity contribution in [3.05, 3.63) is 35.4 Å². The molecular weight excluding hydrogens is 275 g/mol. The van der Waals surface area contributed by atoms with Gasteiger partial charge in [0.15, 0.2) is 0 Å². The van der Waals surface area contributed by atoms with Crippen LogP contribution >= 0.6 is 0 Å². The Hall–Kier alpha value is -2.05. The molecule has 0 radical (unpaired) electrons. The Balaban J connectivity index is 2.66. The Labute approximate surface area is 113 Å². The van der Waals surface area contributed by atoms with E-state index in [1.807, 2.05) is 0 Å². The van der Waals surface area contributed by atoms with Gasteiger partial charge in [0.2, 0.25) is 0 Å². The highest BCUT2D eigenvalue weighted by atomic mass is 19.4. The van der Waals surface area contributed by atoms with Gasteiger partial charge in [-0.2, -0.15) is 13.2 Å². The van der Waals surface area contributed by atoms with E-state index in [-0.39, 0.29) is 12.0 Å². The standard InChI is InChI=1S/C13H14F3NO3/c1-8(7-11(18)20-2)17-12(19)9-3-5-10(6-4-9)13(14,15)16/h3-6,8H,7H2,1-2H3,(H,17,19). The molecule has 0 aliphatic heterocycles. The van der Waals surface area contributed by atoms with Crippen molar-refractivity contribution < 1.29 is 27.5 Å². The predicted molar refractivity (Wildman–Crippen MR) is 65.0 cm³/mol. The van der Waals surface area contributed by atoms with Gasteiger partial charge in [0.05, 0.1) is 19.1 Å². The van der Waals surface area contributed by atoms with Crippen LogP contribution in [-0.2, 0) is 15.7 Å². The van der Waals surface area contributed by atoms with E-state index in [2.05, 4.69) is 10.1 Å². The lowest BCUT2D eigenvalue weighted by Gasteiger charge is -2.13. The molecule has 1 unspecified atom stereocenters. The summed E-state index contributed by atoms with van der Waals surface area (Å²) in [6.45, 7) is 1.60. The molecule has 0 aromatic heterocycles. The molecule has 0 heterocycles. The number of amides is 1. The highest BCUT2D eigenvalue weighted by Crippen LogP contribution is 2.29. The third kappa shape index (κ3) is 4.56. The SMILES string of the molecule is COC(=O)CC(C)NC(=O)c1ccc(C(F)(F)F)cc1. The van der Waals surface area contributed by atoms with E-state index in [1.54, 1.807) is 6.92 Å². The monoisotopic (exact) mass is 289 g/mol. The third-order valence-electron chi connectivity index (χ3n) is 2.55. The zero-order valence-corrected chi connectivity index (χ0v) is 11.0. The molecule has 0 saturated carbocycles. The summed E-state index contributed by atoms with van der Waals surface area (Å²) in [5, 5.41) is 2.50. The summed E-state index contributed by atoms with van der Waals surface area (Å²) >= 11 is 0. The van der Waals surface area contributed by atoms with E-state index in [4.69, 9.17) is 0 Å². The number of carbonyl (C=O) groups is 2. The van der Waals surface area contributed by atoms with Crippen LogP contribution in [0.2, 0.25) is 0 Å². The van der Waals surface area contributed by atoms with Crippen molar-refractivity contribution in [2.75, 3.05) is 7.11 Å². The first-order valence-electron chi connectivity index (χ1n) is 5.79. The van der Waals surface area contributed by atoms with E-state index in [0.717, 1.165) is 24.3 Å². The molecule has 0 aliphatic carbocycles. The van der Waals surface area contributed by atoms with Gasteiger partial charge in [0, 0.05) is 11.6 Å². The second-order valence-corrected chi connectivity index (χ2v) is 4.23. The van der Waals surface area contributed by atoms with Crippen molar-refractivity contribution >= 4 is 11.9 Å². The quantitative estimate of drug-likeness (QED) is 0.866. The molecule has 110 valence electrons. The molecule has 0 fully saturated rings. The molecule has 1 N–H and O–H groups in total. The first-order chi connectivity index (χ1) is 9.24. The van der Waals surface area contributed by atoms with Crippen molar-refractivity contribution in [2.45, 2.75) is 25.6 Å². The lowest BCUT2D eigenvalue weighted by atomic mass is 10.1. The fourth-order valence-electron chi connectivity index (χ4n) is 1.50. The summed E-state index contributed by atoms with van der Waals surface area (Å²) in [6.07, 6.45) is -4.45. The minimum absolute atomic E-state index is 0.0110. The maximum Gasteiger partial charge on any atom is 0.416 e. The number of halogens is 3. The van der Waals surface area contributed by atoms with Crippen LogP contribution in [0, 0.1) is 0 Å². The summed E-state index contributed by atoms with van der Waals surface area (Å²) < 4.78 is 41.5. The van der Waals surface area contributed by atoms with Crippen LogP contribution in [0.25, 0.3) is 0 Å². The van der Waals surface area contributed by atoms with E-state index < -0.39 is 29.7 Å². The minimum Gasteiger partial charge on any atom is -0.469 e. The van der Waals surface area contributed by atoms with Gasteiger partial charge in [0.25, 0.3) is 5.91 Å². The smallest absolute Gasteiger partial charge is 0.416 e. The Bertz CT molecular complexity index is 483. The number of alkyl halides is 3. The average molecular weight is 289 g/mol. The number of rotatable bonds is 4. The van der Waals surface area contributed by atoms with E-state index in [1.165, 1.54) is 7.11 Å². The van der Waals surface area contributed by atoms with Crippen LogP contribution in [0.15, 0.2) is 24.3 Å². The van der Waals surface area contributed by atoms with Gasteiger partial charge in [-0.05, 0) is 31.2 Å². The first kappa shape index (κ1) is 16.0. The van der Waals surface area contributed by atoms with Crippen molar-refractivity contribution in [2.24, 2.45) is 0 Å². The van der Waals surface area contributed by atoms with Gasteiger partial charge in [-0.1, -0.05) is 0 Å². The molecule has 4 nitrogen and oxygen atoms in total. The minimum atomic E-state index is -4.44. The molecule has 20 heavy (non-hydrogen) atoms. The summed E-state index contributed by atoms with van der Waals surface area (Å²) in [4.78, 5) is 22.7. The molecule has 0 spiro atoms. The van der Waals surface area contributed by atoms with Gasteiger partial charge >= 0.3 is 12.1 Å².